The van der Waals surface area contributed by atoms with Gasteiger partial charge in [0.05, 0.1) is 0 Å². The van der Waals surface area contributed by atoms with Crippen molar-refractivity contribution in [3.05, 3.63) is 0 Å². The molecule has 120 valence electrons. The van der Waals surface area contributed by atoms with Crippen molar-refractivity contribution in [1.29, 1.82) is 0 Å². The molecule has 0 aromatic carbocycles. The predicted octanol–water partition coefficient (Wildman–Crippen LogP) is 3.44. The average molecular weight is 304 g/mol. The molecule has 0 aromatic heterocycles. The Bertz CT molecular complexity index is 258. The van der Waals surface area contributed by atoms with E-state index < -0.39 is 0 Å². The van der Waals surface area contributed by atoms with E-state index in [0.717, 1.165) is 32.4 Å². The molecule has 0 aliphatic carbocycles. The van der Waals surface area contributed by atoms with E-state index in [4.69, 9.17) is 10.9 Å². The van der Waals surface area contributed by atoms with Crippen LogP contribution in [0, 0.1) is 5.41 Å². The van der Waals surface area contributed by atoms with Gasteiger partial charge in [-0.05, 0) is 50.8 Å². The molecule has 0 unspecified atom stereocenters. The molecule has 0 saturated heterocycles. The van der Waals surface area contributed by atoms with Crippen LogP contribution in [0.1, 0.15) is 58.8 Å². The number of unbranched alkanes of at least 4 members (excludes halogenated alkanes) is 4. The van der Waals surface area contributed by atoms with Crippen molar-refractivity contribution in [3.8, 4) is 0 Å². The summed E-state index contributed by atoms with van der Waals surface area (Å²) in [6.45, 7) is 6.23. The third-order valence-corrected chi connectivity index (χ3v) is 4.36. The Labute approximate surface area is 129 Å². The normalized spacial score (nSPS) is 12.8. The van der Waals surface area contributed by atoms with E-state index in [-0.39, 0.29) is 5.41 Å². The molecule has 0 saturated carbocycles. The molecule has 0 rings (SSSR count). The van der Waals surface area contributed by atoms with E-state index in [1.807, 2.05) is 25.6 Å². The summed E-state index contributed by atoms with van der Waals surface area (Å²) in [5, 5.41) is 15.3. The van der Waals surface area contributed by atoms with Gasteiger partial charge < -0.3 is 16.3 Å². The van der Waals surface area contributed by atoms with Crippen LogP contribution in [0.15, 0.2) is 5.16 Å². The fourth-order valence-corrected chi connectivity index (χ4v) is 2.55. The molecule has 0 aromatic rings. The van der Waals surface area contributed by atoms with E-state index in [9.17, 15) is 0 Å². The first-order valence-electron chi connectivity index (χ1n) is 7.72. The van der Waals surface area contributed by atoms with Gasteiger partial charge in [0, 0.05) is 5.41 Å². The standard InChI is InChI=1S/C15H33N3OS/c1-15(2,14(16)18-19)10-6-8-12-17-11-7-4-5-9-13-20-3/h17,19H,4-13H2,1-3H3,(H2,16,18). The minimum Gasteiger partial charge on any atom is -0.409 e. The van der Waals surface area contributed by atoms with Crippen LogP contribution < -0.4 is 11.1 Å². The van der Waals surface area contributed by atoms with Crippen molar-refractivity contribution in [1.82, 2.24) is 5.32 Å². The lowest BCUT2D eigenvalue weighted by Gasteiger charge is -2.22. The number of hydrogen-bond acceptors (Lipinski definition) is 4. The first-order chi connectivity index (χ1) is 9.54. The molecule has 0 aliphatic rings. The zero-order valence-corrected chi connectivity index (χ0v) is 14.3. The lowest BCUT2D eigenvalue weighted by Crippen LogP contribution is -2.32. The molecule has 0 fully saturated rings. The minimum absolute atomic E-state index is 0.202. The summed E-state index contributed by atoms with van der Waals surface area (Å²) in [4.78, 5) is 0. The second kappa shape index (κ2) is 12.3. The molecule has 0 aliphatic heterocycles. The van der Waals surface area contributed by atoms with Crippen LogP contribution in [-0.2, 0) is 0 Å². The molecule has 0 heterocycles. The topological polar surface area (TPSA) is 70.6 Å². The molecule has 4 N–H and O–H groups in total. The van der Waals surface area contributed by atoms with Crippen molar-refractivity contribution in [3.63, 3.8) is 0 Å². The van der Waals surface area contributed by atoms with Gasteiger partial charge in [0.15, 0.2) is 0 Å². The fourth-order valence-electron chi connectivity index (χ4n) is 2.06. The molecular weight excluding hydrogens is 270 g/mol. The van der Waals surface area contributed by atoms with Crippen molar-refractivity contribution >= 4 is 17.6 Å². The van der Waals surface area contributed by atoms with Crippen LogP contribution >= 0.6 is 11.8 Å². The van der Waals surface area contributed by atoms with Crippen LogP contribution in [0.2, 0.25) is 0 Å². The summed E-state index contributed by atoms with van der Waals surface area (Å²) in [6.07, 6.45) is 10.7. The number of nitrogens with two attached hydrogens (primary N) is 1. The largest absolute Gasteiger partial charge is 0.409 e. The lowest BCUT2D eigenvalue weighted by atomic mass is 9.86. The number of oxime groups is 1. The average Bonchev–Trinajstić information content (AvgIpc) is 2.43. The van der Waals surface area contributed by atoms with Crippen LogP contribution in [0.25, 0.3) is 0 Å². The third-order valence-electron chi connectivity index (χ3n) is 3.66. The highest BCUT2D eigenvalue weighted by Gasteiger charge is 2.22. The van der Waals surface area contributed by atoms with Crippen molar-refractivity contribution in [2.45, 2.75) is 58.8 Å². The molecule has 0 spiro atoms. The highest BCUT2D eigenvalue weighted by Crippen LogP contribution is 2.23. The maximum absolute atomic E-state index is 8.70. The Balaban J connectivity index is 3.33. The number of nitrogens with one attached hydrogen (secondary N) is 1. The predicted molar refractivity (Wildman–Crippen MR) is 90.8 cm³/mol. The third kappa shape index (κ3) is 10.4. The number of thioether (sulfide) groups is 1. The SMILES string of the molecule is CSCCCCCCNCCCCC(C)(C)C(N)=NO. The van der Waals surface area contributed by atoms with Gasteiger partial charge in [0.25, 0.3) is 0 Å². The van der Waals surface area contributed by atoms with Crippen LogP contribution in [0.4, 0.5) is 0 Å². The highest BCUT2D eigenvalue weighted by molar-refractivity contribution is 7.98. The summed E-state index contributed by atoms with van der Waals surface area (Å²) in [7, 11) is 0. The lowest BCUT2D eigenvalue weighted by molar-refractivity contribution is 0.304. The molecule has 0 bridgehead atoms. The maximum Gasteiger partial charge on any atom is 0.144 e. The quantitative estimate of drug-likeness (QED) is 0.160. The van der Waals surface area contributed by atoms with Crippen LogP contribution in [-0.4, -0.2) is 36.1 Å². The van der Waals surface area contributed by atoms with Crippen molar-refractivity contribution < 1.29 is 5.21 Å². The van der Waals surface area contributed by atoms with Gasteiger partial charge in [-0.2, -0.15) is 11.8 Å². The number of amidine groups is 1. The Morgan fingerprint density at radius 3 is 2.30 bits per heavy atom. The number of nitrogens with zero attached hydrogens (tertiary/aromatic N) is 1. The summed E-state index contributed by atoms with van der Waals surface area (Å²) in [5.41, 5.74) is 5.46. The summed E-state index contributed by atoms with van der Waals surface area (Å²) < 4.78 is 0. The van der Waals surface area contributed by atoms with E-state index in [2.05, 4.69) is 16.7 Å². The van der Waals surface area contributed by atoms with Gasteiger partial charge >= 0.3 is 0 Å². The van der Waals surface area contributed by atoms with E-state index in [1.54, 1.807) is 0 Å². The monoisotopic (exact) mass is 303 g/mol. The molecule has 0 radical (unpaired) electrons. The Kier molecular flexibility index (Phi) is 12.1. The first kappa shape index (κ1) is 19.6. The molecular formula is C15H33N3OS. The first-order valence-corrected chi connectivity index (χ1v) is 9.11. The van der Waals surface area contributed by atoms with Crippen LogP contribution in [0.3, 0.4) is 0 Å². The summed E-state index contributed by atoms with van der Waals surface area (Å²) in [5.74, 6) is 1.62. The zero-order chi connectivity index (χ0) is 15.3. The molecule has 0 atom stereocenters. The molecule has 20 heavy (non-hydrogen) atoms. The number of rotatable bonds is 13. The van der Waals surface area contributed by atoms with Gasteiger partial charge in [-0.1, -0.05) is 38.3 Å². The second-order valence-electron chi connectivity index (χ2n) is 5.98. The van der Waals surface area contributed by atoms with Gasteiger partial charge in [0.2, 0.25) is 0 Å². The Morgan fingerprint density at radius 2 is 1.70 bits per heavy atom. The summed E-state index contributed by atoms with van der Waals surface area (Å²) >= 11 is 1.94. The molecule has 5 heteroatoms. The van der Waals surface area contributed by atoms with E-state index in [1.165, 1.54) is 31.4 Å². The van der Waals surface area contributed by atoms with Gasteiger partial charge in [-0.25, -0.2) is 0 Å². The minimum atomic E-state index is -0.202. The van der Waals surface area contributed by atoms with Crippen molar-refractivity contribution in [2.24, 2.45) is 16.3 Å². The van der Waals surface area contributed by atoms with E-state index >= 15 is 0 Å². The smallest absolute Gasteiger partial charge is 0.144 e. The zero-order valence-electron chi connectivity index (χ0n) is 13.5. The fraction of sp³-hybridized carbons (Fsp3) is 0.933. The van der Waals surface area contributed by atoms with E-state index in [0.29, 0.717) is 5.84 Å². The van der Waals surface area contributed by atoms with Crippen molar-refractivity contribution in [2.75, 3.05) is 25.1 Å². The van der Waals surface area contributed by atoms with Crippen LogP contribution in [0.5, 0.6) is 0 Å². The number of hydrogen-bond donors (Lipinski definition) is 3. The second-order valence-corrected chi connectivity index (χ2v) is 6.97. The summed E-state index contributed by atoms with van der Waals surface area (Å²) in [6, 6.07) is 0. The molecule has 4 nitrogen and oxygen atoms in total. The van der Waals surface area contributed by atoms with Gasteiger partial charge in [0.1, 0.15) is 5.84 Å². The van der Waals surface area contributed by atoms with Gasteiger partial charge in [-0.3, -0.25) is 0 Å². The Hall–Kier alpha value is -0.420. The highest BCUT2D eigenvalue weighted by atomic mass is 32.2. The molecule has 0 amide bonds. The maximum atomic E-state index is 8.70. The van der Waals surface area contributed by atoms with Gasteiger partial charge in [-0.15, -0.1) is 0 Å². The Morgan fingerprint density at radius 1 is 1.10 bits per heavy atom.